The number of carbonyl (C=O) groups is 1. The number of hydrogen-bond donors (Lipinski definition) is 0. The van der Waals surface area contributed by atoms with Crippen molar-refractivity contribution in [1.82, 2.24) is 9.55 Å². The van der Waals surface area contributed by atoms with E-state index in [1.54, 1.807) is 33.0 Å². The Morgan fingerprint density at radius 2 is 1.81 bits per heavy atom. The Hall–Kier alpha value is -2.95. The van der Waals surface area contributed by atoms with Crippen LogP contribution in [0.1, 0.15) is 49.3 Å². The number of fused-ring (bicyclic) bond motifs is 1. The summed E-state index contributed by atoms with van der Waals surface area (Å²) in [6, 6.07) is 13.6. The Kier molecular flexibility index (Phi) is 5.13. The molecule has 0 aliphatic rings. The normalized spacial score (nSPS) is 11.6. The smallest absolute Gasteiger partial charge is 0.344 e. The molecule has 0 N–H and O–H groups in total. The van der Waals surface area contributed by atoms with E-state index in [1.807, 2.05) is 47.9 Å². The molecule has 3 rings (SSSR count). The predicted molar refractivity (Wildman–Crippen MR) is 106 cm³/mol. The number of benzene rings is 1. The van der Waals surface area contributed by atoms with Crippen molar-refractivity contribution in [3.8, 4) is 0 Å². The van der Waals surface area contributed by atoms with Crippen molar-refractivity contribution >= 4 is 17.0 Å². The third-order valence-electron chi connectivity index (χ3n) is 4.17. The van der Waals surface area contributed by atoms with Crippen LogP contribution in [0.3, 0.4) is 0 Å². The largest absolute Gasteiger partial charge is 0.456 e. The minimum atomic E-state index is -0.659. The van der Waals surface area contributed by atoms with Gasteiger partial charge in [-0.15, -0.1) is 0 Å². The van der Waals surface area contributed by atoms with Gasteiger partial charge in [0.15, 0.2) is 0 Å². The number of esters is 1. The summed E-state index contributed by atoms with van der Waals surface area (Å²) in [5, 5.41) is 0.428. The van der Waals surface area contributed by atoms with E-state index in [4.69, 9.17) is 4.74 Å². The minimum absolute atomic E-state index is 0.0388. The van der Waals surface area contributed by atoms with Crippen molar-refractivity contribution in [2.75, 3.05) is 0 Å². The van der Waals surface area contributed by atoms with Gasteiger partial charge in [0.05, 0.1) is 5.39 Å². The van der Waals surface area contributed by atoms with Crippen LogP contribution in [0.5, 0.6) is 0 Å². The van der Waals surface area contributed by atoms with Gasteiger partial charge in [0, 0.05) is 24.9 Å². The van der Waals surface area contributed by atoms with Crippen molar-refractivity contribution < 1.29 is 9.53 Å². The molecule has 0 radical (unpaired) electrons. The molecule has 0 atom stereocenters. The van der Waals surface area contributed by atoms with E-state index in [9.17, 15) is 9.59 Å². The van der Waals surface area contributed by atoms with E-state index in [-0.39, 0.29) is 11.0 Å². The first-order valence-electron chi connectivity index (χ1n) is 9.09. The average Bonchev–Trinajstić information content (AvgIpc) is 2.61. The number of pyridine rings is 2. The third-order valence-corrected chi connectivity index (χ3v) is 4.17. The predicted octanol–water partition coefficient (Wildman–Crippen LogP) is 3.96. The maximum atomic E-state index is 12.8. The molecule has 0 spiro atoms. The lowest BCUT2D eigenvalue weighted by molar-refractivity contribution is 0.00674. The number of hydrogen-bond acceptors (Lipinski definition) is 4. The number of ether oxygens (including phenoxy) is 1. The van der Waals surface area contributed by atoms with Gasteiger partial charge in [0.25, 0.3) is 0 Å². The van der Waals surface area contributed by atoms with Gasteiger partial charge in [-0.1, -0.05) is 30.3 Å². The summed E-state index contributed by atoms with van der Waals surface area (Å²) in [5.74, 6) is -0.607. The molecule has 140 valence electrons. The third kappa shape index (κ3) is 4.25. The van der Waals surface area contributed by atoms with Crippen LogP contribution in [0.25, 0.3) is 11.0 Å². The highest BCUT2D eigenvalue weighted by Gasteiger charge is 2.22. The summed E-state index contributed by atoms with van der Waals surface area (Å²) in [6.07, 6.45) is 2.24. The van der Waals surface area contributed by atoms with Crippen LogP contribution in [0.2, 0.25) is 0 Å². The van der Waals surface area contributed by atoms with Gasteiger partial charge >= 0.3 is 5.97 Å². The van der Waals surface area contributed by atoms with E-state index in [0.717, 1.165) is 11.3 Å². The Bertz CT molecular complexity index is 1030. The molecule has 0 aliphatic carbocycles. The number of aromatic nitrogens is 2. The Balaban J connectivity index is 2.06. The maximum Gasteiger partial charge on any atom is 0.344 e. The lowest BCUT2D eigenvalue weighted by atomic mass is 10.1. The van der Waals surface area contributed by atoms with Crippen LogP contribution in [-0.2, 0) is 17.7 Å². The Morgan fingerprint density at radius 1 is 1.11 bits per heavy atom. The SMILES string of the molecule is CCn1cc(C(=O)OC(C)(C)C)c(=O)c2ccc(Cc3ccccc3)nc21. The van der Waals surface area contributed by atoms with Crippen molar-refractivity contribution in [2.24, 2.45) is 0 Å². The monoisotopic (exact) mass is 364 g/mol. The van der Waals surface area contributed by atoms with Crippen LogP contribution >= 0.6 is 0 Å². The second-order valence-electron chi connectivity index (χ2n) is 7.50. The summed E-state index contributed by atoms with van der Waals surface area (Å²) in [7, 11) is 0. The van der Waals surface area contributed by atoms with E-state index in [0.29, 0.717) is 24.0 Å². The molecule has 2 aromatic heterocycles. The van der Waals surface area contributed by atoms with Gasteiger partial charge in [0.1, 0.15) is 16.8 Å². The van der Waals surface area contributed by atoms with Crippen molar-refractivity contribution in [2.45, 2.75) is 46.3 Å². The molecule has 3 aromatic rings. The lowest BCUT2D eigenvalue weighted by Crippen LogP contribution is -2.28. The Morgan fingerprint density at radius 3 is 2.44 bits per heavy atom. The molecule has 27 heavy (non-hydrogen) atoms. The first-order valence-corrected chi connectivity index (χ1v) is 9.09. The first kappa shape index (κ1) is 18.8. The average molecular weight is 364 g/mol. The lowest BCUT2D eigenvalue weighted by Gasteiger charge is -2.20. The highest BCUT2D eigenvalue weighted by Crippen LogP contribution is 2.16. The fraction of sp³-hybridized carbons (Fsp3) is 0.318. The second-order valence-corrected chi connectivity index (χ2v) is 7.50. The molecule has 0 saturated heterocycles. The van der Waals surface area contributed by atoms with Crippen molar-refractivity contribution in [3.05, 3.63) is 75.7 Å². The van der Waals surface area contributed by atoms with Crippen LogP contribution < -0.4 is 5.43 Å². The zero-order chi connectivity index (χ0) is 19.6. The van der Waals surface area contributed by atoms with Gasteiger partial charge in [-0.3, -0.25) is 4.79 Å². The molecule has 0 bridgehead atoms. The summed E-state index contributed by atoms with van der Waals surface area (Å²) < 4.78 is 7.21. The molecule has 0 amide bonds. The second kappa shape index (κ2) is 7.35. The molecule has 0 fully saturated rings. The summed E-state index contributed by atoms with van der Waals surface area (Å²) in [4.78, 5) is 30.0. The molecule has 0 aliphatic heterocycles. The standard InChI is InChI=1S/C22H24N2O3/c1-5-24-14-18(21(26)27-22(2,3)4)19(25)17-12-11-16(23-20(17)24)13-15-9-7-6-8-10-15/h6-12,14H,5,13H2,1-4H3. The Labute approximate surface area is 158 Å². The molecule has 0 saturated carbocycles. The molecule has 0 unspecified atom stereocenters. The number of rotatable bonds is 4. The summed E-state index contributed by atoms with van der Waals surface area (Å²) >= 11 is 0. The quantitative estimate of drug-likeness (QED) is 0.658. The molecular weight excluding hydrogens is 340 g/mol. The summed E-state index contributed by atoms with van der Waals surface area (Å²) in [6.45, 7) is 7.88. The van der Waals surface area contributed by atoms with Crippen LogP contribution in [-0.4, -0.2) is 21.1 Å². The minimum Gasteiger partial charge on any atom is -0.456 e. The molecule has 1 aromatic carbocycles. The molecule has 5 nitrogen and oxygen atoms in total. The highest BCUT2D eigenvalue weighted by atomic mass is 16.6. The first-order chi connectivity index (χ1) is 12.8. The van der Waals surface area contributed by atoms with E-state index < -0.39 is 11.6 Å². The zero-order valence-electron chi connectivity index (χ0n) is 16.2. The zero-order valence-corrected chi connectivity index (χ0v) is 16.2. The fourth-order valence-electron chi connectivity index (χ4n) is 2.93. The van der Waals surface area contributed by atoms with E-state index in [1.165, 1.54) is 0 Å². The van der Waals surface area contributed by atoms with Gasteiger partial charge in [0.2, 0.25) is 5.43 Å². The molecule has 5 heteroatoms. The molecular formula is C22H24N2O3. The fourth-order valence-corrected chi connectivity index (χ4v) is 2.93. The summed E-state index contributed by atoms with van der Waals surface area (Å²) in [5.41, 5.74) is 1.65. The van der Waals surface area contributed by atoms with Crippen LogP contribution in [0.4, 0.5) is 0 Å². The van der Waals surface area contributed by atoms with Crippen molar-refractivity contribution in [1.29, 1.82) is 0 Å². The maximum absolute atomic E-state index is 12.8. The van der Waals surface area contributed by atoms with Gasteiger partial charge < -0.3 is 9.30 Å². The molecule has 2 heterocycles. The van der Waals surface area contributed by atoms with Crippen molar-refractivity contribution in [3.63, 3.8) is 0 Å². The van der Waals surface area contributed by atoms with E-state index >= 15 is 0 Å². The van der Waals surface area contributed by atoms with Gasteiger partial charge in [-0.05, 0) is 45.4 Å². The van der Waals surface area contributed by atoms with Gasteiger partial charge in [-0.25, -0.2) is 9.78 Å². The van der Waals surface area contributed by atoms with Crippen LogP contribution in [0.15, 0.2) is 53.5 Å². The number of aryl methyl sites for hydroxylation is 1. The van der Waals surface area contributed by atoms with Crippen LogP contribution in [0, 0.1) is 0 Å². The highest BCUT2D eigenvalue weighted by molar-refractivity contribution is 5.93. The number of carbonyl (C=O) groups excluding carboxylic acids is 1. The topological polar surface area (TPSA) is 61.2 Å². The van der Waals surface area contributed by atoms with E-state index in [2.05, 4.69) is 4.98 Å². The van der Waals surface area contributed by atoms with Gasteiger partial charge in [-0.2, -0.15) is 0 Å². The number of nitrogens with zero attached hydrogens (tertiary/aromatic N) is 2.